The molecule has 0 aliphatic carbocycles. The van der Waals surface area contributed by atoms with E-state index >= 15 is 0 Å². The van der Waals surface area contributed by atoms with E-state index in [1.165, 1.54) is 80.9 Å². The lowest BCUT2D eigenvalue weighted by Gasteiger charge is -2.21. The number of methoxy groups -OCH3 is 2. The molecular formula is C48H40N10O9. The Hall–Kier alpha value is -9.62. The molecule has 0 heterocycles. The predicted molar refractivity (Wildman–Crippen MR) is 256 cm³/mol. The van der Waals surface area contributed by atoms with Gasteiger partial charge < -0.3 is 36.1 Å². The quantitative estimate of drug-likeness (QED) is 0.0126. The first kappa shape index (κ1) is 46.9. The van der Waals surface area contributed by atoms with Gasteiger partial charge in [0, 0.05) is 57.1 Å². The van der Waals surface area contributed by atoms with Crippen molar-refractivity contribution in [3.63, 3.8) is 0 Å². The zero-order chi connectivity index (χ0) is 48.2. The van der Waals surface area contributed by atoms with Crippen LogP contribution in [-0.4, -0.2) is 49.7 Å². The third-order valence-corrected chi connectivity index (χ3v) is 9.61. The van der Waals surface area contributed by atoms with Crippen LogP contribution in [0.1, 0.15) is 31.1 Å². The first-order valence-electron chi connectivity index (χ1n) is 19.7. The minimum absolute atomic E-state index is 0.0529. The highest BCUT2D eigenvalue weighted by Gasteiger charge is 2.24. The molecule has 6 amide bonds. The number of carbonyl (C=O) groups is 6. The molecular weight excluding hydrogens is 861 g/mol. The Morgan fingerprint density at radius 2 is 1.13 bits per heavy atom. The highest BCUT2D eigenvalue weighted by atomic mass is 16.5. The Morgan fingerprint density at radius 1 is 0.567 bits per heavy atom. The molecule has 6 rings (SSSR count). The van der Waals surface area contributed by atoms with E-state index in [1.54, 1.807) is 42.5 Å². The molecule has 0 aliphatic heterocycles. The fourth-order valence-corrected chi connectivity index (χ4v) is 6.42. The van der Waals surface area contributed by atoms with E-state index in [1.807, 2.05) is 0 Å². The summed E-state index contributed by atoms with van der Waals surface area (Å²) in [5.74, 6) is 2.99. The van der Waals surface area contributed by atoms with Crippen molar-refractivity contribution >= 4 is 97.4 Å². The maximum atomic E-state index is 14.0. The summed E-state index contributed by atoms with van der Waals surface area (Å²) in [6, 6.07) is 27.5. The number of azo groups is 1. The van der Waals surface area contributed by atoms with Crippen molar-refractivity contribution in [3.05, 3.63) is 169 Å². The molecule has 336 valence electrons. The molecule has 0 aliphatic rings. The lowest BCUT2D eigenvalue weighted by molar-refractivity contribution is -0.112. The third-order valence-electron chi connectivity index (χ3n) is 9.61. The van der Waals surface area contributed by atoms with Gasteiger partial charge in [-0.2, -0.15) is 0 Å². The topological polar surface area (TPSA) is 264 Å². The molecule has 19 heteroatoms. The lowest BCUT2D eigenvalue weighted by Crippen LogP contribution is -2.37. The first-order chi connectivity index (χ1) is 32.3. The van der Waals surface area contributed by atoms with Crippen molar-refractivity contribution in [3.8, 4) is 11.5 Å². The van der Waals surface area contributed by atoms with Crippen LogP contribution < -0.4 is 46.9 Å². The SMILES string of the molecule is C=CC(=O)Nc1ccc(C(=O)N(N)c2cc(OC)c(/N=N/c3c(N=O)c(C(=O)Nc4cccc(NC(=O)c5cc(NC(=O)C=C)cc(NC(=O)C=C)c5)c4)cc4ccccc34)cc2OC)cc1. The second-order valence-electron chi connectivity index (χ2n) is 14.0. The van der Waals surface area contributed by atoms with Gasteiger partial charge in [-0.15, -0.1) is 15.1 Å². The molecule has 6 aromatic carbocycles. The number of hydrazine groups is 1. The Bertz CT molecular complexity index is 3000. The van der Waals surface area contributed by atoms with Crippen LogP contribution in [0, 0.1) is 4.91 Å². The largest absolute Gasteiger partial charge is 0.494 e. The van der Waals surface area contributed by atoms with Crippen LogP contribution in [-0.2, 0) is 14.4 Å². The smallest absolute Gasteiger partial charge is 0.272 e. The van der Waals surface area contributed by atoms with E-state index in [0.29, 0.717) is 16.5 Å². The number of nitrogens with one attached hydrogen (secondary N) is 5. The number of ether oxygens (including phenoxy) is 2. The summed E-state index contributed by atoms with van der Waals surface area (Å²) in [7, 11) is 2.71. The number of fused-ring (bicyclic) bond motifs is 1. The summed E-state index contributed by atoms with van der Waals surface area (Å²) in [6.07, 6.45) is 3.20. The number of carbonyl (C=O) groups excluding carboxylic acids is 6. The first-order valence-corrected chi connectivity index (χ1v) is 19.7. The molecule has 0 unspecified atom stereocenters. The second kappa shape index (κ2) is 21.2. The summed E-state index contributed by atoms with van der Waals surface area (Å²) in [5, 5.41) is 26.9. The molecule has 7 N–H and O–H groups in total. The van der Waals surface area contributed by atoms with Crippen LogP contribution in [0.2, 0.25) is 0 Å². The Balaban J connectivity index is 1.27. The van der Waals surface area contributed by atoms with Gasteiger partial charge in [0.1, 0.15) is 34.2 Å². The zero-order valence-electron chi connectivity index (χ0n) is 35.8. The van der Waals surface area contributed by atoms with Crippen LogP contribution in [0.4, 0.5) is 51.2 Å². The number of hydrogen-bond donors (Lipinski definition) is 6. The molecule has 67 heavy (non-hydrogen) atoms. The molecule has 0 atom stereocenters. The summed E-state index contributed by atoms with van der Waals surface area (Å²) in [5.41, 5.74) is 1.21. The molecule has 0 fully saturated rings. The number of amides is 6. The number of nitrogens with zero attached hydrogens (tertiary/aromatic N) is 4. The molecule has 19 nitrogen and oxygen atoms in total. The molecule has 6 aromatic rings. The molecule has 0 saturated heterocycles. The molecule has 0 spiro atoms. The number of hydrogen-bond acceptors (Lipinski definition) is 13. The van der Waals surface area contributed by atoms with Crippen LogP contribution in [0.25, 0.3) is 10.8 Å². The van der Waals surface area contributed by atoms with Crippen molar-refractivity contribution in [1.82, 2.24) is 0 Å². The van der Waals surface area contributed by atoms with Gasteiger partial charge >= 0.3 is 0 Å². The zero-order valence-corrected chi connectivity index (χ0v) is 35.8. The fraction of sp³-hybridized carbons (Fsp3) is 0.0417. The minimum atomic E-state index is -0.749. The van der Waals surface area contributed by atoms with Gasteiger partial charge in [-0.25, -0.2) is 10.9 Å². The lowest BCUT2D eigenvalue weighted by atomic mass is 10.0. The highest BCUT2D eigenvalue weighted by Crippen LogP contribution is 2.44. The standard InChI is InChI=1S/C48H40N10O9/c1-6-41(59)50-30-18-16-27(17-19-30)48(64)58(49)38-26-39(66-4)37(25-40(38)67-5)55-56-44-35-15-10-9-12-28(35)22-36(45(44)57-65)47(63)54-32-14-11-13-31(23-32)53-46(62)29-20-33(51-42(60)7-2)24-34(21-29)52-43(61)8-3/h6-26H,1-3,49H2,4-5H3,(H,50,59)(H,51,60)(H,52,61)(H,53,62)(H,54,63)/b56-55+. The Labute approximate surface area is 382 Å². The van der Waals surface area contributed by atoms with Crippen molar-refractivity contribution in [1.29, 1.82) is 0 Å². The van der Waals surface area contributed by atoms with Crippen molar-refractivity contribution in [2.45, 2.75) is 0 Å². The van der Waals surface area contributed by atoms with Gasteiger partial charge in [-0.05, 0) is 95.5 Å². The average molecular weight is 901 g/mol. The predicted octanol–water partition coefficient (Wildman–Crippen LogP) is 9.07. The summed E-state index contributed by atoms with van der Waals surface area (Å²) < 4.78 is 11.2. The Kier molecular flexibility index (Phi) is 14.8. The number of nitroso groups, excluding NO2 is 1. The average Bonchev–Trinajstić information content (AvgIpc) is 3.34. The molecule has 0 bridgehead atoms. The number of rotatable bonds is 17. The van der Waals surface area contributed by atoms with Crippen molar-refractivity contribution in [2.24, 2.45) is 21.2 Å². The second-order valence-corrected chi connectivity index (χ2v) is 14.0. The molecule has 0 saturated carbocycles. The maximum Gasteiger partial charge on any atom is 0.272 e. The number of anilines is 6. The molecule has 0 radical (unpaired) electrons. The minimum Gasteiger partial charge on any atom is -0.494 e. The fourth-order valence-electron chi connectivity index (χ4n) is 6.42. The highest BCUT2D eigenvalue weighted by molar-refractivity contribution is 6.15. The molecule has 0 aromatic heterocycles. The van der Waals surface area contributed by atoms with E-state index in [9.17, 15) is 33.7 Å². The monoisotopic (exact) mass is 900 g/mol. The summed E-state index contributed by atoms with van der Waals surface area (Å²) in [4.78, 5) is 89.2. The van der Waals surface area contributed by atoms with Crippen LogP contribution >= 0.6 is 0 Å². The van der Waals surface area contributed by atoms with E-state index < -0.39 is 35.4 Å². The maximum absolute atomic E-state index is 14.0. The summed E-state index contributed by atoms with van der Waals surface area (Å²) >= 11 is 0. The van der Waals surface area contributed by atoms with Crippen LogP contribution in [0.3, 0.4) is 0 Å². The third kappa shape index (κ3) is 11.1. The van der Waals surface area contributed by atoms with Gasteiger partial charge in [-0.1, -0.05) is 50.1 Å². The number of benzene rings is 6. The van der Waals surface area contributed by atoms with E-state index in [4.69, 9.17) is 15.3 Å². The van der Waals surface area contributed by atoms with Gasteiger partial charge in [0.15, 0.2) is 0 Å². The van der Waals surface area contributed by atoms with Gasteiger partial charge in [0.2, 0.25) is 17.7 Å². The van der Waals surface area contributed by atoms with E-state index in [2.05, 4.69) is 61.7 Å². The normalized spacial score (nSPS) is 10.6. The van der Waals surface area contributed by atoms with Crippen LogP contribution in [0.15, 0.2) is 163 Å². The number of nitrogens with two attached hydrogens (primary N) is 1. The Morgan fingerprint density at radius 3 is 1.72 bits per heavy atom. The summed E-state index contributed by atoms with van der Waals surface area (Å²) in [6.45, 7) is 10.3. The van der Waals surface area contributed by atoms with Gasteiger partial charge in [-0.3, -0.25) is 28.8 Å². The van der Waals surface area contributed by atoms with Gasteiger partial charge in [0.25, 0.3) is 17.7 Å². The van der Waals surface area contributed by atoms with Crippen LogP contribution in [0.5, 0.6) is 11.5 Å². The van der Waals surface area contributed by atoms with E-state index in [0.717, 1.165) is 23.2 Å². The van der Waals surface area contributed by atoms with E-state index in [-0.39, 0.29) is 73.7 Å². The van der Waals surface area contributed by atoms with Crippen molar-refractivity contribution in [2.75, 3.05) is 45.8 Å². The van der Waals surface area contributed by atoms with Gasteiger partial charge in [0.05, 0.1) is 19.8 Å². The van der Waals surface area contributed by atoms with Crippen molar-refractivity contribution < 1.29 is 38.2 Å².